The molecule has 1 aromatic rings. The quantitative estimate of drug-likeness (QED) is 0.310. The molecule has 0 saturated carbocycles. The first kappa shape index (κ1) is 8.40. The third kappa shape index (κ3) is 1.23. The van der Waals surface area contributed by atoms with Crippen LogP contribution in [0.1, 0.15) is 10.4 Å². The van der Waals surface area contributed by atoms with Crippen molar-refractivity contribution in [2.75, 3.05) is 6.79 Å². The van der Waals surface area contributed by atoms with Crippen molar-refractivity contribution in [3.8, 4) is 11.5 Å². The highest BCUT2D eigenvalue weighted by atomic mass is 16.7. The van der Waals surface area contributed by atoms with E-state index < -0.39 is 0 Å². The maximum Gasteiger partial charge on any atom is 0.231 e. The molecule has 0 fully saturated rings. The summed E-state index contributed by atoms with van der Waals surface area (Å²) in [6.45, 7) is 0.118. The van der Waals surface area contributed by atoms with E-state index >= 15 is 0 Å². The molecule has 1 aliphatic rings. The van der Waals surface area contributed by atoms with Gasteiger partial charge in [-0.15, -0.1) is 0 Å². The van der Waals surface area contributed by atoms with E-state index in [9.17, 15) is 4.79 Å². The van der Waals surface area contributed by atoms with Gasteiger partial charge in [-0.3, -0.25) is 4.79 Å². The average molecular weight is 191 g/mol. The van der Waals surface area contributed by atoms with Crippen LogP contribution in [0.15, 0.2) is 17.2 Å². The Labute approximate surface area is 78.7 Å². The van der Waals surface area contributed by atoms with Crippen molar-refractivity contribution in [3.05, 3.63) is 28.1 Å². The lowest BCUT2D eigenvalue weighted by molar-refractivity contribution is 0.112. The molecule has 0 radical (unpaired) electrons. The molecule has 1 aromatic carbocycles. The molecule has 0 spiro atoms. The van der Waals surface area contributed by atoms with Gasteiger partial charge in [0.25, 0.3) is 0 Å². The molecule has 0 bridgehead atoms. The SMILES string of the molecule is [N-]=[N+]=Nc1cc2c(cc1C=O)OCO2. The number of carbonyl (C=O) groups excluding carboxylic acids is 1. The summed E-state index contributed by atoms with van der Waals surface area (Å²) >= 11 is 0. The fraction of sp³-hybridized carbons (Fsp3) is 0.125. The van der Waals surface area contributed by atoms with Gasteiger partial charge in [-0.05, 0) is 17.7 Å². The Morgan fingerprint density at radius 2 is 2.14 bits per heavy atom. The van der Waals surface area contributed by atoms with E-state index in [-0.39, 0.29) is 18.0 Å². The van der Waals surface area contributed by atoms with Crippen molar-refractivity contribution in [2.24, 2.45) is 5.11 Å². The maximum atomic E-state index is 10.6. The van der Waals surface area contributed by atoms with Gasteiger partial charge < -0.3 is 9.47 Å². The molecule has 0 N–H and O–H groups in total. The fourth-order valence-electron chi connectivity index (χ4n) is 1.18. The van der Waals surface area contributed by atoms with Gasteiger partial charge in [0, 0.05) is 10.5 Å². The van der Waals surface area contributed by atoms with Crippen molar-refractivity contribution in [1.82, 2.24) is 0 Å². The molecule has 6 heteroatoms. The largest absolute Gasteiger partial charge is 0.454 e. The molecule has 0 aromatic heterocycles. The third-order valence-corrected chi connectivity index (χ3v) is 1.80. The normalized spacial score (nSPS) is 12.0. The topological polar surface area (TPSA) is 84.3 Å². The monoisotopic (exact) mass is 191 g/mol. The molecule has 0 saturated heterocycles. The Kier molecular flexibility index (Phi) is 1.96. The Balaban J connectivity index is 2.59. The molecule has 70 valence electrons. The lowest BCUT2D eigenvalue weighted by Crippen LogP contribution is -1.92. The number of carbonyl (C=O) groups is 1. The molecule has 1 aliphatic heterocycles. The molecule has 0 atom stereocenters. The van der Waals surface area contributed by atoms with E-state index in [1.807, 2.05) is 0 Å². The Bertz CT molecular complexity index is 438. The Hall–Kier alpha value is -2.20. The van der Waals surface area contributed by atoms with Crippen molar-refractivity contribution >= 4 is 12.0 Å². The van der Waals surface area contributed by atoms with E-state index in [1.54, 1.807) is 0 Å². The zero-order valence-corrected chi connectivity index (χ0v) is 7.01. The summed E-state index contributed by atoms with van der Waals surface area (Å²) in [4.78, 5) is 13.2. The molecular weight excluding hydrogens is 186 g/mol. The first-order valence-corrected chi connectivity index (χ1v) is 3.79. The minimum absolute atomic E-state index is 0.118. The number of azide groups is 1. The first-order chi connectivity index (χ1) is 6.85. The lowest BCUT2D eigenvalue weighted by atomic mass is 10.2. The highest BCUT2D eigenvalue weighted by Crippen LogP contribution is 2.37. The van der Waals surface area contributed by atoms with E-state index in [1.165, 1.54) is 12.1 Å². The zero-order chi connectivity index (χ0) is 9.97. The van der Waals surface area contributed by atoms with Gasteiger partial charge in [0.05, 0.1) is 5.69 Å². The van der Waals surface area contributed by atoms with Gasteiger partial charge in [0.2, 0.25) is 6.79 Å². The lowest BCUT2D eigenvalue weighted by Gasteiger charge is -1.99. The van der Waals surface area contributed by atoms with Gasteiger partial charge in [-0.1, -0.05) is 5.11 Å². The summed E-state index contributed by atoms with van der Waals surface area (Å²) in [5.41, 5.74) is 8.79. The van der Waals surface area contributed by atoms with Gasteiger partial charge in [-0.25, -0.2) is 0 Å². The molecule has 0 amide bonds. The van der Waals surface area contributed by atoms with Crippen LogP contribution in [0.25, 0.3) is 10.4 Å². The first-order valence-electron chi connectivity index (χ1n) is 3.79. The molecule has 6 nitrogen and oxygen atoms in total. The Morgan fingerprint density at radius 3 is 2.79 bits per heavy atom. The second-order valence-electron chi connectivity index (χ2n) is 2.57. The van der Waals surface area contributed by atoms with Crippen molar-refractivity contribution in [2.45, 2.75) is 0 Å². The number of rotatable bonds is 2. The minimum Gasteiger partial charge on any atom is -0.454 e. The van der Waals surface area contributed by atoms with Crippen LogP contribution in [0.2, 0.25) is 0 Å². The number of aldehydes is 1. The standard InChI is InChI=1S/C8H5N3O3/c9-11-10-6-2-8-7(13-4-14-8)1-5(6)3-12/h1-3H,4H2. The van der Waals surface area contributed by atoms with Crippen LogP contribution >= 0.6 is 0 Å². The summed E-state index contributed by atoms with van der Waals surface area (Å²) in [5, 5.41) is 3.37. The highest BCUT2D eigenvalue weighted by molar-refractivity contribution is 5.85. The van der Waals surface area contributed by atoms with E-state index in [0.717, 1.165) is 0 Å². The van der Waals surface area contributed by atoms with Crippen molar-refractivity contribution < 1.29 is 14.3 Å². The Morgan fingerprint density at radius 1 is 1.43 bits per heavy atom. The summed E-state index contributed by atoms with van der Waals surface area (Å²) < 4.78 is 10.1. The fourth-order valence-corrected chi connectivity index (χ4v) is 1.18. The van der Waals surface area contributed by atoms with Crippen molar-refractivity contribution in [1.29, 1.82) is 0 Å². The predicted octanol–water partition coefficient (Wildman–Crippen LogP) is 2.17. The van der Waals surface area contributed by atoms with Gasteiger partial charge in [0.15, 0.2) is 17.8 Å². The number of ether oxygens (including phenoxy) is 2. The van der Waals surface area contributed by atoms with Gasteiger partial charge in [0.1, 0.15) is 0 Å². The van der Waals surface area contributed by atoms with Crippen LogP contribution in [0.4, 0.5) is 5.69 Å². The smallest absolute Gasteiger partial charge is 0.231 e. The maximum absolute atomic E-state index is 10.6. The van der Waals surface area contributed by atoms with Crippen LogP contribution in [0.3, 0.4) is 0 Å². The second-order valence-corrected chi connectivity index (χ2v) is 2.57. The van der Waals surface area contributed by atoms with Crippen LogP contribution < -0.4 is 9.47 Å². The van der Waals surface area contributed by atoms with Crippen LogP contribution in [0.5, 0.6) is 11.5 Å². The molecule has 2 rings (SSSR count). The van der Waals surface area contributed by atoms with Crippen LogP contribution in [0, 0.1) is 0 Å². The molecule has 0 aliphatic carbocycles. The van der Waals surface area contributed by atoms with E-state index in [4.69, 9.17) is 15.0 Å². The number of fused-ring (bicyclic) bond motifs is 1. The molecule has 1 heterocycles. The summed E-state index contributed by atoms with van der Waals surface area (Å²) in [7, 11) is 0. The number of hydrogen-bond acceptors (Lipinski definition) is 4. The average Bonchev–Trinajstić information content (AvgIpc) is 2.64. The predicted molar refractivity (Wildman–Crippen MR) is 46.8 cm³/mol. The molecule has 0 unspecified atom stereocenters. The van der Waals surface area contributed by atoms with E-state index in [0.29, 0.717) is 17.8 Å². The summed E-state index contributed by atoms with van der Waals surface area (Å²) in [5.74, 6) is 0.974. The highest BCUT2D eigenvalue weighted by Gasteiger charge is 2.16. The second kappa shape index (κ2) is 3.27. The van der Waals surface area contributed by atoms with Crippen molar-refractivity contribution in [3.63, 3.8) is 0 Å². The minimum atomic E-state index is 0.118. The molecule has 14 heavy (non-hydrogen) atoms. The summed E-state index contributed by atoms with van der Waals surface area (Å²) in [6.07, 6.45) is 0.603. The van der Waals surface area contributed by atoms with Gasteiger partial charge >= 0.3 is 0 Å². The summed E-state index contributed by atoms with van der Waals surface area (Å²) in [6, 6.07) is 2.96. The number of nitrogens with zero attached hydrogens (tertiary/aromatic N) is 3. The number of hydrogen-bond donors (Lipinski definition) is 0. The van der Waals surface area contributed by atoms with Crippen LogP contribution in [-0.4, -0.2) is 13.1 Å². The molecular formula is C8H5N3O3. The number of benzene rings is 1. The van der Waals surface area contributed by atoms with Crippen LogP contribution in [-0.2, 0) is 0 Å². The third-order valence-electron chi connectivity index (χ3n) is 1.80. The zero-order valence-electron chi connectivity index (χ0n) is 7.01. The van der Waals surface area contributed by atoms with Gasteiger partial charge in [-0.2, -0.15) is 0 Å². The van der Waals surface area contributed by atoms with E-state index in [2.05, 4.69) is 10.0 Å².